The molecule has 1 aromatic carbocycles. The monoisotopic (exact) mass is 359 g/mol. The molecule has 4 aliphatic carbocycles. The minimum Gasteiger partial charge on any atom is -0.347 e. The number of hydrogen-bond donors (Lipinski definition) is 0. The maximum atomic E-state index is 13.0. The Kier molecular flexibility index (Phi) is 2.83. The second kappa shape index (κ2) is 4.97. The predicted octanol–water partition coefficient (Wildman–Crippen LogP) is 2.87. The molecule has 6 atom stereocenters. The Bertz CT molecular complexity index is 1040. The fourth-order valence-corrected chi connectivity index (χ4v) is 5.88. The topological polar surface area (TPSA) is 54.7 Å². The van der Waals surface area contributed by atoms with E-state index in [4.69, 9.17) is 0 Å². The van der Waals surface area contributed by atoms with E-state index in [-0.39, 0.29) is 35.5 Å². The third-order valence-electron chi connectivity index (χ3n) is 7.39. The molecule has 1 aromatic heterocycles. The number of para-hydroxylation sites is 1. The molecule has 1 aliphatic heterocycles. The lowest BCUT2D eigenvalue weighted by atomic mass is 9.63. The largest absolute Gasteiger partial charge is 0.347 e. The molecule has 2 heterocycles. The van der Waals surface area contributed by atoms with Gasteiger partial charge in [-0.25, -0.2) is 0 Å². The third-order valence-corrected chi connectivity index (χ3v) is 7.39. The van der Waals surface area contributed by atoms with Gasteiger partial charge in [0, 0.05) is 29.2 Å². The van der Waals surface area contributed by atoms with E-state index in [0.29, 0.717) is 11.8 Å². The quantitative estimate of drug-likeness (QED) is 0.470. The van der Waals surface area contributed by atoms with Gasteiger partial charge in [0.15, 0.2) is 0 Å². The smallest absolute Gasteiger partial charge is 0.254 e. The van der Waals surface area contributed by atoms with Gasteiger partial charge in [-0.2, -0.15) is 10.1 Å². The van der Waals surface area contributed by atoms with Crippen LogP contribution in [0.4, 0.5) is 0 Å². The lowest BCUT2D eigenvalue weighted by Gasteiger charge is -2.37. The minimum atomic E-state index is -0.193. The molecule has 3 fully saturated rings. The molecule has 2 aromatic rings. The molecule has 0 N–H and O–H groups in total. The van der Waals surface area contributed by atoms with Crippen LogP contribution in [0, 0.1) is 42.4 Å². The number of benzene rings is 1. The van der Waals surface area contributed by atoms with Crippen LogP contribution in [-0.2, 0) is 16.6 Å². The molecule has 2 amide bonds. The van der Waals surface area contributed by atoms with Crippen LogP contribution >= 0.6 is 0 Å². The molecule has 136 valence electrons. The van der Waals surface area contributed by atoms with Crippen molar-refractivity contribution in [1.82, 2.24) is 9.58 Å². The highest BCUT2D eigenvalue weighted by Crippen LogP contribution is 2.65. The van der Waals surface area contributed by atoms with Crippen molar-refractivity contribution >= 4 is 28.9 Å². The lowest BCUT2D eigenvalue weighted by molar-refractivity contribution is -0.140. The molecular weight excluding hydrogens is 338 g/mol. The predicted molar refractivity (Wildman–Crippen MR) is 102 cm³/mol. The van der Waals surface area contributed by atoms with Crippen LogP contribution in [0.15, 0.2) is 41.5 Å². The van der Waals surface area contributed by atoms with E-state index in [2.05, 4.69) is 34.0 Å². The van der Waals surface area contributed by atoms with Gasteiger partial charge in [-0.3, -0.25) is 9.59 Å². The van der Waals surface area contributed by atoms with Crippen molar-refractivity contribution in [3.8, 4) is 0 Å². The Balaban J connectivity index is 1.38. The minimum absolute atomic E-state index is 0.108. The van der Waals surface area contributed by atoms with E-state index in [1.54, 1.807) is 6.21 Å². The number of allylic oxidation sites excluding steroid dienone is 2. The zero-order valence-electron chi connectivity index (χ0n) is 15.4. The normalized spacial score (nSPS) is 36.1. The summed E-state index contributed by atoms with van der Waals surface area (Å²) in [6.45, 7) is 2.03. The van der Waals surface area contributed by atoms with E-state index in [9.17, 15) is 9.59 Å². The Morgan fingerprint density at radius 3 is 2.33 bits per heavy atom. The number of hydrogen-bond acceptors (Lipinski definition) is 3. The summed E-state index contributed by atoms with van der Waals surface area (Å²) in [5.74, 6) is 1.10. The molecule has 0 unspecified atom stereocenters. The van der Waals surface area contributed by atoms with E-state index < -0.39 is 0 Å². The van der Waals surface area contributed by atoms with Crippen LogP contribution in [0.1, 0.15) is 17.7 Å². The fraction of sp³-hybridized carbons (Fsp3) is 0.409. The van der Waals surface area contributed by atoms with Crippen molar-refractivity contribution in [2.45, 2.75) is 13.3 Å². The van der Waals surface area contributed by atoms with Gasteiger partial charge in [-0.15, -0.1) is 0 Å². The summed E-state index contributed by atoms with van der Waals surface area (Å²) in [6.07, 6.45) is 7.25. The Morgan fingerprint density at radius 2 is 1.67 bits per heavy atom. The van der Waals surface area contributed by atoms with E-state index in [0.717, 1.165) is 27.2 Å². The van der Waals surface area contributed by atoms with Gasteiger partial charge in [0.25, 0.3) is 11.8 Å². The zero-order chi connectivity index (χ0) is 18.4. The molecule has 5 aliphatic rings. The first-order chi connectivity index (χ1) is 13.1. The summed E-state index contributed by atoms with van der Waals surface area (Å²) >= 11 is 0. The summed E-state index contributed by atoms with van der Waals surface area (Å²) in [4.78, 5) is 26.1. The molecular formula is C22H21N3O2. The SMILES string of the molecule is Cc1c(/C=N\N2C(=O)[C@@H]3[C@@H]4C=C[C@H]([C@H]5C[C@H]45)[C@@H]3C2=O)c2ccccc2n1C. The molecule has 0 radical (unpaired) electrons. The molecule has 2 saturated carbocycles. The summed E-state index contributed by atoms with van der Waals surface area (Å²) in [5, 5.41) is 6.65. The van der Waals surface area contributed by atoms with Gasteiger partial charge in [-0.1, -0.05) is 30.4 Å². The number of hydrazone groups is 1. The van der Waals surface area contributed by atoms with Gasteiger partial charge in [0.2, 0.25) is 0 Å². The summed E-state index contributed by atoms with van der Waals surface area (Å²) in [5.41, 5.74) is 3.15. The van der Waals surface area contributed by atoms with Crippen molar-refractivity contribution in [2.24, 2.45) is 47.7 Å². The maximum absolute atomic E-state index is 13.0. The number of imide groups is 1. The number of rotatable bonds is 2. The van der Waals surface area contributed by atoms with Crippen LogP contribution in [0.3, 0.4) is 0 Å². The summed E-state index contributed by atoms with van der Waals surface area (Å²) < 4.78 is 2.11. The Labute approximate surface area is 157 Å². The second-order valence-corrected chi connectivity index (χ2v) is 8.46. The summed E-state index contributed by atoms with van der Waals surface area (Å²) in [6, 6.07) is 8.12. The number of carbonyl (C=O) groups excluding carboxylic acids is 2. The van der Waals surface area contributed by atoms with Gasteiger partial charge >= 0.3 is 0 Å². The van der Waals surface area contributed by atoms with Crippen molar-refractivity contribution in [3.05, 3.63) is 47.7 Å². The number of nitrogens with zero attached hydrogens (tertiary/aromatic N) is 3. The molecule has 0 spiro atoms. The van der Waals surface area contributed by atoms with Gasteiger partial charge < -0.3 is 4.57 Å². The van der Waals surface area contributed by atoms with Crippen molar-refractivity contribution in [2.75, 3.05) is 0 Å². The lowest BCUT2D eigenvalue weighted by Crippen LogP contribution is -2.40. The van der Waals surface area contributed by atoms with Crippen LogP contribution in [-0.4, -0.2) is 27.6 Å². The van der Waals surface area contributed by atoms with Crippen molar-refractivity contribution < 1.29 is 9.59 Å². The number of fused-ring (bicyclic) bond motifs is 1. The van der Waals surface area contributed by atoms with Crippen LogP contribution in [0.5, 0.6) is 0 Å². The van der Waals surface area contributed by atoms with Crippen LogP contribution in [0.25, 0.3) is 10.9 Å². The molecule has 27 heavy (non-hydrogen) atoms. The van der Waals surface area contributed by atoms with Gasteiger partial charge in [0.05, 0.1) is 18.1 Å². The summed E-state index contributed by atoms with van der Waals surface area (Å²) in [7, 11) is 2.02. The Morgan fingerprint density at radius 1 is 1.04 bits per heavy atom. The van der Waals surface area contributed by atoms with E-state index in [1.807, 2.05) is 26.1 Å². The maximum Gasteiger partial charge on any atom is 0.254 e. The molecule has 7 rings (SSSR count). The van der Waals surface area contributed by atoms with E-state index in [1.165, 1.54) is 6.42 Å². The average Bonchev–Trinajstić information content (AvgIpc) is 3.43. The highest BCUT2D eigenvalue weighted by molar-refractivity contribution is 6.08. The molecule has 5 heteroatoms. The van der Waals surface area contributed by atoms with Crippen LogP contribution < -0.4 is 0 Å². The number of carbonyl (C=O) groups is 2. The molecule has 2 bridgehead atoms. The number of aryl methyl sites for hydroxylation is 1. The first-order valence-electron chi connectivity index (χ1n) is 9.72. The van der Waals surface area contributed by atoms with Crippen molar-refractivity contribution in [3.63, 3.8) is 0 Å². The van der Waals surface area contributed by atoms with Crippen LogP contribution in [0.2, 0.25) is 0 Å². The highest BCUT2D eigenvalue weighted by Gasteiger charge is 2.67. The van der Waals surface area contributed by atoms with Gasteiger partial charge in [0.1, 0.15) is 0 Å². The number of aromatic nitrogens is 1. The highest BCUT2D eigenvalue weighted by atomic mass is 16.2. The first kappa shape index (κ1) is 15.4. The fourth-order valence-electron chi connectivity index (χ4n) is 5.88. The standard InChI is InChI=1S/C22H21N3O2/c1-11-17(12-5-3-4-6-18(12)24(11)2)10-23-25-21(26)19-13-7-8-14(16-9-15(13)16)20(19)22(25)27/h3-8,10,13-16,19-20H,9H2,1-2H3/b23-10-/t13-,14-,15-,16-,19-,20+/m1/s1. The third kappa shape index (κ3) is 1.82. The van der Waals surface area contributed by atoms with E-state index >= 15 is 0 Å². The number of amides is 2. The molecule has 1 saturated heterocycles. The Hall–Kier alpha value is -2.69. The molecule has 5 nitrogen and oxygen atoms in total. The van der Waals surface area contributed by atoms with Gasteiger partial charge in [-0.05, 0) is 43.1 Å². The first-order valence-corrected chi connectivity index (χ1v) is 9.72. The van der Waals surface area contributed by atoms with Crippen molar-refractivity contribution in [1.29, 1.82) is 0 Å². The second-order valence-electron chi connectivity index (χ2n) is 8.46. The zero-order valence-corrected chi connectivity index (χ0v) is 15.4. The average molecular weight is 359 g/mol.